The van der Waals surface area contributed by atoms with Crippen molar-refractivity contribution in [2.24, 2.45) is 0 Å². The number of hydrogen-bond acceptors (Lipinski definition) is 7. The quantitative estimate of drug-likeness (QED) is 0.594. The fourth-order valence-corrected chi connectivity index (χ4v) is 3.19. The van der Waals surface area contributed by atoms with Crippen LogP contribution in [0.5, 0.6) is 0 Å². The number of Topliss-reactive ketones (excluding diaryl/α,β-unsaturated/α-hetero) is 1. The predicted molar refractivity (Wildman–Crippen MR) is 79.7 cm³/mol. The number of esters is 1. The fourth-order valence-electron chi connectivity index (χ4n) is 1.47. The van der Waals surface area contributed by atoms with Crippen molar-refractivity contribution in [2.45, 2.75) is 19.9 Å². The molecule has 0 fully saturated rings. The number of ketones is 1. The van der Waals surface area contributed by atoms with E-state index in [0.29, 0.717) is 10.0 Å². The molecule has 1 aromatic heterocycles. The van der Waals surface area contributed by atoms with Crippen molar-refractivity contribution < 1.29 is 14.3 Å². The highest BCUT2D eigenvalue weighted by molar-refractivity contribution is 7.98. The van der Waals surface area contributed by atoms with E-state index in [0.717, 1.165) is 5.75 Å². The van der Waals surface area contributed by atoms with Crippen molar-refractivity contribution in [3.63, 3.8) is 0 Å². The molecule has 106 valence electrons. The first-order valence-electron chi connectivity index (χ1n) is 5.74. The number of methoxy groups -OCH3 is 1. The maximum atomic E-state index is 11.6. The van der Waals surface area contributed by atoms with Crippen LogP contribution in [0.2, 0.25) is 0 Å². The van der Waals surface area contributed by atoms with Crippen molar-refractivity contribution in [2.75, 3.05) is 31.1 Å². The summed E-state index contributed by atoms with van der Waals surface area (Å²) in [4.78, 5) is 29.7. The summed E-state index contributed by atoms with van der Waals surface area (Å²) in [5.74, 6) is 0.202. The first-order chi connectivity index (χ1) is 8.92. The Labute approximate surface area is 121 Å². The van der Waals surface area contributed by atoms with Crippen molar-refractivity contribution in [1.29, 1.82) is 0 Å². The molecular formula is C12H18N2O3S2. The Morgan fingerprint density at radius 3 is 2.63 bits per heavy atom. The van der Waals surface area contributed by atoms with Gasteiger partial charge in [-0.05, 0) is 13.2 Å². The average molecular weight is 302 g/mol. The number of thiazole rings is 1. The summed E-state index contributed by atoms with van der Waals surface area (Å²) < 4.78 is 4.66. The average Bonchev–Trinajstić information content (AvgIpc) is 2.82. The molecule has 1 unspecified atom stereocenters. The molecule has 0 aliphatic heterocycles. The molecular weight excluding hydrogens is 284 g/mol. The fraction of sp³-hybridized carbons (Fsp3) is 0.583. The standard InChI is InChI=1S/C12H18N2O3S2/c1-7(6-18-5)14(3)12-13-9(11(16)17-4)10(19-12)8(2)15/h7H,6H2,1-5H3. The summed E-state index contributed by atoms with van der Waals surface area (Å²) in [5.41, 5.74) is 0.109. The summed E-state index contributed by atoms with van der Waals surface area (Å²) in [5, 5.41) is 0.659. The number of thioether (sulfide) groups is 1. The van der Waals surface area contributed by atoms with Crippen LogP contribution in [0, 0.1) is 0 Å². The third-order valence-electron chi connectivity index (χ3n) is 2.69. The summed E-state index contributed by atoms with van der Waals surface area (Å²) in [6, 6.07) is 0.270. The molecule has 19 heavy (non-hydrogen) atoms. The third-order valence-corrected chi connectivity index (χ3v) is 4.75. The highest BCUT2D eigenvalue weighted by Crippen LogP contribution is 2.28. The lowest BCUT2D eigenvalue weighted by Crippen LogP contribution is -2.30. The van der Waals surface area contributed by atoms with Crippen molar-refractivity contribution in [3.8, 4) is 0 Å². The zero-order chi connectivity index (χ0) is 14.6. The maximum absolute atomic E-state index is 11.6. The van der Waals surface area contributed by atoms with Crippen molar-refractivity contribution in [3.05, 3.63) is 10.6 Å². The van der Waals surface area contributed by atoms with Crippen LogP contribution in [-0.2, 0) is 4.74 Å². The maximum Gasteiger partial charge on any atom is 0.358 e. The van der Waals surface area contributed by atoms with Gasteiger partial charge in [-0.25, -0.2) is 9.78 Å². The molecule has 0 bridgehead atoms. The van der Waals surface area contributed by atoms with Gasteiger partial charge >= 0.3 is 5.97 Å². The molecule has 1 atom stereocenters. The monoisotopic (exact) mass is 302 g/mol. The minimum absolute atomic E-state index is 0.109. The van der Waals surface area contributed by atoms with Crippen LogP contribution >= 0.6 is 23.1 Å². The first-order valence-corrected chi connectivity index (χ1v) is 7.95. The molecule has 0 saturated carbocycles. The Balaban J connectivity index is 3.10. The normalized spacial score (nSPS) is 12.1. The van der Waals surface area contributed by atoms with Crippen LogP contribution in [0.25, 0.3) is 0 Å². The van der Waals surface area contributed by atoms with E-state index in [-0.39, 0.29) is 17.5 Å². The van der Waals surface area contributed by atoms with Gasteiger partial charge < -0.3 is 9.64 Å². The van der Waals surface area contributed by atoms with Gasteiger partial charge in [0.2, 0.25) is 0 Å². The second-order valence-electron chi connectivity index (χ2n) is 4.14. The highest BCUT2D eigenvalue weighted by atomic mass is 32.2. The molecule has 7 heteroatoms. The Morgan fingerprint density at radius 2 is 2.16 bits per heavy atom. The van der Waals surface area contributed by atoms with E-state index in [9.17, 15) is 9.59 Å². The lowest BCUT2D eigenvalue weighted by Gasteiger charge is -2.23. The minimum atomic E-state index is -0.571. The van der Waals surface area contributed by atoms with E-state index >= 15 is 0 Å². The summed E-state index contributed by atoms with van der Waals surface area (Å²) in [6.07, 6.45) is 2.03. The zero-order valence-electron chi connectivity index (χ0n) is 11.7. The van der Waals surface area contributed by atoms with Crippen LogP contribution in [0.15, 0.2) is 0 Å². The second-order valence-corrected chi connectivity index (χ2v) is 6.03. The number of aromatic nitrogens is 1. The van der Waals surface area contributed by atoms with Gasteiger partial charge in [0.1, 0.15) is 4.88 Å². The zero-order valence-corrected chi connectivity index (χ0v) is 13.4. The van der Waals surface area contributed by atoms with Crippen molar-refractivity contribution in [1.82, 2.24) is 4.98 Å². The number of carbonyl (C=O) groups excluding carboxylic acids is 2. The Kier molecular flexibility index (Phi) is 5.81. The molecule has 0 aliphatic carbocycles. The van der Waals surface area contributed by atoms with Crippen LogP contribution in [0.1, 0.15) is 34.0 Å². The second kappa shape index (κ2) is 6.91. The van der Waals surface area contributed by atoms with Gasteiger partial charge in [-0.1, -0.05) is 11.3 Å². The largest absolute Gasteiger partial charge is 0.464 e. The Bertz CT molecular complexity index is 474. The predicted octanol–water partition coefficient (Wildman–Crippen LogP) is 2.32. The summed E-state index contributed by atoms with van der Waals surface area (Å²) in [7, 11) is 3.19. The SMILES string of the molecule is COC(=O)c1nc(N(C)C(C)CSC)sc1C(C)=O. The number of hydrogen-bond donors (Lipinski definition) is 0. The highest BCUT2D eigenvalue weighted by Gasteiger charge is 2.24. The number of anilines is 1. The smallest absolute Gasteiger partial charge is 0.358 e. The van der Waals surface area contributed by atoms with Gasteiger partial charge in [0.05, 0.1) is 7.11 Å². The minimum Gasteiger partial charge on any atom is -0.464 e. The van der Waals surface area contributed by atoms with Crippen LogP contribution < -0.4 is 4.90 Å². The number of ether oxygens (including phenoxy) is 1. The lowest BCUT2D eigenvalue weighted by atomic mass is 10.3. The van der Waals surface area contributed by atoms with Gasteiger partial charge in [-0.15, -0.1) is 0 Å². The Hall–Kier alpha value is -1.08. The van der Waals surface area contributed by atoms with Gasteiger partial charge in [-0.2, -0.15) is 11.8 Å². The molecule has 0 aliphatic rings. The van der Waals surface area contributed by atoms with E-state index in [1.807, 2.05) is 18.2 Å². The van der Waals surface area contributed by atoms with E-state index in [4.69, 9.17) is 0 Å². The first kappa shape index (κ1) is 16.0. The van der Waals surface area contributed by atoms with E-state index in [1.54, 1.807) is 11.8 Å². The summed E-state index contributed by atoms with van der Waals surface area (Å²) in [6.45, 7) is 3.50. The lowest BCUT2D eigenvalue weighted by molar-refractivity contribution is 0.0591. The molecule has 1 aromatic rings. The molecule has 0 amide bonds. The molecule has 1 rings (SSSR count). The van der Waals surface area contributed by atoms with E-state index in [2.05, 4.69) is 16.6 Å². The van der Waals surface area contributed by atoms with Crippen LogP contribution in [0.4, 0.5) is 5.13 Å². The van der Waals surface area contributed by atoms with E-state index in [1.165, 1.54) is 25.4 Å². The van der Waals surface area contributed by atoms with Crippen LogP contribution in [-0.4, -0.2) is 48.9 Å². The molecule has 0 aromatic carbocycles. The molecule has 0 spiro atoms. The molecule has 0 saturated heterocycles. The van der Waals surface area contributed by atoms with Gasteiger partial charge in [0.25, 0.3) is 0 Å². The summed E-state index contributed by atoms with van der Waals surface area (Å²) >= 11 is 2.97. The number of nitrogens with zero attached hydrogens (tertiary/aromatic N) is 2. The van der Waals surface area contributed by atoms with Gasteiger partial charge in [-0.3, -0.25) is 4.79 Å². The molecule has 0 N–H and O–H groups in total. The third kappa shape index (κ3) is 3.70. The van der Waals surface area contributed by atoms with Gasteiger partial charge in [0.15, 0.2) is 16.6 Å². The number of carbonyl (C=O) groups is 2. The van der Waals surface area contributed by atoms with Crippen LogP contribution in [0.3, 0.4) is 0 Å². The van der Waals surface area contributed by atoms with E-state index < -0.39 is 5.97 Å². The molecule has 0 radical (unpaired) electrons. The topological polar surface area (TPSA) is 59.5 Å². The van der Waals surface area contributed by atoms with Gasteiger partial charge in [0, 0.05) is 25.8 Å². The Morgan fingerprint density at radius 1 is 1.53 bits per heavy atom. The number of rotatable bonds is 6. The van der Waals surface area contributed by atoms with Crippen molar-refractivity contribution >= 4 is 40.0 Å². The molecule has 5 nitrogen and oxygen atoms in total. The molecule has 1 heterocycles.